The fraction of sp³-hybridized carbons (Fsp3) is 0.0417. The van der Waals surface area contributed by atoms with Crippen molar-refractivity contribution < 1.29 is 34.1 Å². The minimum Gasteiger partial charge on any atom is -0.508 e. The third-order valence-corrected chi connectivity index (χ3v) is 5.83. The third kappa shape index (κ3) is 2.18. The van der Waals surface area contributed by atoms with Crippen molar-refractivity contribution in [3.63, 3.8) is 0 Å². The number of phenols is 2. The Bertz CT molecular complexity index is 1350. The molecule has 32 heavy (non-hydrogen) atoms. The maximum absolute atomic E-state index is 13.3. The van der Waals surface area contributed by atoms with E-state index in [0.717, 1.165) is 17.1 Å². The van der Waals surface area contributed by atoms with Gasteiger partial charge in [0.1, 0.15) is 23.0 Å². The highest BCUT2D eigenvalue weighted by Crippen LogP contribution is 2.58. The van der Waals surface area contributed by atoms with Gasteiger partial charge in [-0.1, -0.05) is 12.1 Å². The molecular formula is C24H13NO7. The molecule has 156 valence electrons. The van der Waals surface area contributed by atoms with Crippen molar-refractivity contribution >= 4 is 23.5 Å². The van der Waals surface area contributed by atoms with Crippen LogP contribution in [-0.2, 0) is 19.9 Å². The van der Waals surface area contributed by atoms with E-state index in [4.69, 9.17) is 9.47 Å². The summed E-state index contributed by atoms with van der Waals surface area (Å²) in [5, 5.41) is 20.0. The van der Waals surface area contributed by atoms with Crippen molar-refractivity contribution in [2.75, 3.05) is 4.90 Å². The predicted molar refractivity (Wildman–Crippen MR) is 110 cm³/mol. The Morgan fingerprint density at radius 3 is 1.94 bits per heavy atom. The van der Waals surface area contributed by atoms with Gasteiger partial charge in [-0.2, -0.15) is 0 Å². The summed E-state index contributed by atoms with van der Waals surface area (Å²) < 4.78 is 11.9. The summed E-state index contributed by atoms with van der Waals surface area (Å²) in [6, 6.07) is 13.7. The minimum absolute atomic E-state index is 0.0554. The Labute approximate surface area is 180 Å². The molecule has 0 aliphatic carbocycles. The third-order valence-electron chi connectivity index (χ3n) is 5.83. The molecule has 0 saturated carbocycles. The molecule has 8 nitrogen and oxygen atoms in total. The zero-order valence-electron chi connectivity index (χ0n) is 16.2. The molecule has 0 atom stereocenters. The smallest absolute Gasteiger partial charge is 0.342 e. The zero-order chi connectivity index (χ0) is 22.2. The second kappa shape index (κ2) is 5.98. The van der Waals surface area contributed by atoms with E-state index in [1.807, 2.05) is 0 Å². The van der Waals surface area contributed by atoms with E-state index in [1.54, 1.807) is 24.3 Å². The Morgan fingerprint density at radius 2 is 1.34 bits per heavy atom. The highest BCUT2D eigenvalue weighted by molar-refractivity contribution is 6.29. The molecule has 3 aliphatic rings. The Kier molecular flexibility index (Phi) is 3.40. The number of phenolic OH excluding ortho intramolecular Hbond substituents is 2. The number of esters is 1. The number of ether oxygens (including phenoxy) is 2. The standard InChI is InChI=1S/C24H13NO7/c26-12-4-6-14-18(10-12)31-19-11-13(27)5-7-15(19)24(14)16-2-1-3-17(22(16)23(30)32-24)25-20(28)8-9-21(25)29/h1-11,26-27H. The van der Waals surface area contributed by atoms with E-state index in [1.165, 1.54) is 30.3 Å². The molecule has 0 aromatic heterocycles. The van der Waals surface area contributed by atoms with Crippen LogP contribution in [0.15, 0.2) is 66.7 Å². The molecule has 3 aromatic carbocycles. The molecule has 3 heterocycles. The number of nitrogens with zero attached hydrogens (tertiary/aromatic N) is 1. The highest BCUT2D eigenvalue weighted by atomic mass is 16.6. The lowest BCUT2D eigenvalue weighted by Crippen LogP contribution is -2.33. The van der Waals surface area contributed by atoms with Gasteiger partial charge in [0.25, 0.3) is 11.8 Å². The molecule has 3 aromatic rings. The first kappa shape index (κ1) is 18.2. The van der Waals surface area contributed by atoms with Gasteiger partial charge in [0, 0.05) is 41.0 Å². The SMILES string of the molecule is O=C1OC2(c3ccc(O)cc3Oc3cc(O)ccc32)c2cccc(N3C(=O)C=CC3=O)c21. The molecule has 3 aliphatic heterocycles. The summed E-state index contributed by atoms with van der Waals surface area (Å²) in [5.74, 6) is -1.46. The van der Waals surface area contributed by atoms with E-state index in [-0.39, 0.29) is 34.2 Å². The second-order valence-corrected chi connectivity index (χ2v) is 7.58. The van der Waals surface area contributed by atoms with E-state index < -0.39 is 23.4 Å². The summed E-state index contributed by atoms with van der Waals surface area (Å²) in [6.07, 6.45) is 2.28. The number of aromatic hydroxyl groups is 2. The summed E-state index contributed by atoms with van der Waals surface area (Å²) >= 11 is 0. The lowest BCUT2D eigenvalue weighted by atomic mass is 9.77. The predicted octanol–water partition coefficient (Wildman–Crippen LogP) is 3.10. The van der Waals surface area contributed by atoms with E-state index >= 15 is 0 Å². The average molecular weight is 427 g/mol. The van der Waals surface area contributed by atoms with Gasteiger partial charge in [0.2, 0.25) is 0 Å². The van der Waals surface area contributed by atoms with Crippen LogP contribution in [0.5, 0.6) is 23.0 Å². The number of hydrogen-bond donors (Lipinski definition) is 2. The van der Waals surface area contributed by atoms with Crippen LogP contribution in [0.25, 0.3) is 0 Å². The van der Waals surface area contributed by atoms with E-state index in [2.05, 4.69) is 0 Å². The molecule has 0 radical (unpaired) electrons. The van der Waals surface area contributed by atoms with Crippen LogP contribution in [-0.4, -0.2) is 28.0 Å². The molecule has 1 spiro atoms. The Morgan fingerprint density at radius 1 is 0.750 bits per heavy atom. The topological polar surface area (TPSA) is 113 Å². The molecular weight excluding hydrogens is 414 g/mol. The number of carbonyl (C=O) groups is 3. The van der Waals surface area contributed by atoms with Crippen LogP contribution in [0.2, 0.25) is 0 Å². The number of hydrogen-bond acceptors (Lipinski definition) is 7. The van der Waals surface area contributed by atoms with Crippen molar-refractivity contribution in [2.45, 2.75) is 5.60 Å². The number of carbonyl (C=O) groups excluding carboxylic acids is 3. The number of rotatable bonds is 1. The van der Waals surface area contributed by atoms with Crippen molar-refractivity contribution in [2.24, 2.45) is 0 Å². The molecule has 2 N–H and O–H groups in total. The van der Waals surface area contributed by atoms with Crippen molar-refractivity contribution in [3.8, 4) is 23.0 Å². The maximum Gasteiger partial charge on any atom is 0.342 e. The van der Waals surface area contributed by atoms with E-state index in [0.29, 0.717) is 16.7 Å². The molecule has 0 saturated heterocycles. The largest absolute Gasteiger partial charge is 0.508 e. The highest BCUT2D eigenvalue weighted by Gasteiger charge is 2.55. The molecule has 0 unspecified atom stereocenters. The molecule has 0 bridgehead atoms. The average Bonchev–Trinajstić information content (AvgIpc) is 3.25. The van der Waals surface area contributed by atoms with Gasteiger partial charge in [-0.15, -0.1) is 0 Å². The normalized spacial score (nSPS) is 17.1. The zero-order valence-corrected chi connectivity index (χ0v) is 16.2. The number of benzene rings is 3. The van der Waals surface area contributed by atoms with Crippen LogP contribution in [0.4, 0.5) is 5.69 Å². The summed E-state index contributed by atoms with van der Waals surface area (Å²) in [6.45, 7) is 0. The van der Waals surface area contributed by atoms with Crippen molar-refractivity contribution in [1.82, 2.24) is 0 Å². The molecule has 6 rings (SSSR count). The van der Waals surface area contributed by atoms with Gasteiger partial charge < -0.3 is 19.7 Å². The summed E-state index contributed by atoms with van der Waals surface area (Å²) in [5.41, 5.74) is 0.0559. The van der Waals surface area contributed by atoms with Gasteiger partial charge in [-0.25, -0.2) is 9.69 Å². The van der Waals surface area contributed by atoms with E-state index in [9.17, 15) is 24.6 Å². The number of fused-ring (bicyclic) bond motifs is 6. The van der Waals surface area contributed by atoms with Crippen LogP contribution in [0.1, 0.15) is 27.0 Å². The number of imide groups is 1. The summed E-state index contributed by atoms with van der Waals surface area (Å²) in [4.78, 5) is 38.8. The molecule has 0 fully saturated rings. The maximum atomic E-state index is 13.3. The van der Waals surface area contributed by atoms with Crippen LogP contribution in [0.3, 0.4) is 0 Å². The first-order valence-corrected chi connectivity index (χ1v) is 9.68. The fourth-order valence-electron chi connectivity index (χ4n) is 4.55. The summed E-state index contributed by atoms with van der Waals surface area (Å²) in [7, 11) is 0. The van der Waals surface area contributed by atoms with Gasteiger partial charge in [-0.05, 0) is 30.3 Å². The first-order valence-electron chi connectivity index (χ1n) is 9.68. The van der Waals surface area contributed by atoms with Gasteiger partial charge in [0.05, 0.1) is 11.3 Å². The molecule has 2 amide bonds. The van der Waals surface area contributed by atoms with Gasteiger partial charge in [0.15, 0.2) is 5.60 Å². The lowest BCUT2D eigenvalue weighted by Gasteiger charge is -2.36. The quantitative estimate of drug-likeness (QED) is 0.453. The lowest BCUT2D eigenvalue weighted by molar-refractivity contribution is -0.119. The Hall–Kier alpha value is -4.59. The number of anilines is 1. The first-order chi connectivity index (χ1) is 15.4. The van der Waals surface area contributed by atoms with Gasteiger partial charge in [-0.3, -0.25) is 9.59 Å². The van der Waals surface area contributed by atoms with Crippen molar-refractivity contribution in [3.05, 3.63) is 89.0 Å². The van der Waals surface area contributed by atoms with Gasteiger partial charge >= 0.3 is 5.97 Å². The fourth-order valence-corrected chi connectivity index (χ4v) is 4.55. The van der Waals surface area contributed by atoms with Crippen LogP contribution < -0.4 is 9.64 Å². The Balaban J connectivity index is 1.68. The van der Waals surface area contributed by atoms with Crippen LogP contribution >= 0.6 is 0 Å². The molecule has 8 heteroatoms. The second-order valence-electron chi connectivity index (χ2n) is 7.58. The minimum atomic E-state index is -1.47. The monoisotopic (exact) mass is 427 g/mol. The number of amides is 2. The van der Waals surface area contributed by atoms with Crippen LogP contribution in [0, 0.1) is 0 Å². The van der Waals surface area contributed by atoms with Crippen molar-refractivity contribution in [1.29, 1.82) is 0 Å².